The van der Waals surface area contributed by atoms with Crippen LogP contribution in [0.3, 0.4) is 0 Å². The summed E-state index contributed by atoms with van der Waals surface area (Å²) in [5.74, 6) is 1.39. The number of rotatable bonds is 5. The van der Waals surface area contributed by atoms with Gasteiger partial charge in [-0.1, -0.05) is 31.9 Å². The van der Waals surface area contributed by atoms with Crippen molar-refractivity contribution in [3.8, 4) is 5.75 Å². The van der Waals surface area contributed by atoms with Gasteiger partial charge in [-0.2, -0.15) is 0 Å². The SMILES string of the molecule is COc1ccccc1NCC(=O)N[C@@H]1CCCC[C@H]1C. The van der Waals surface area contributed by atoms with E-state index in [1.165, 1.54) is 19.3 Å². The van der Waals surface area contributed by atoms with E-state index in [2.05, 4.69) is 17.6 Å². The van der Waals surface area contributed by atoms with Gasteiger partial charge in [-0.25, -0.2) is 0 Å². The van der Waals surface area contributed by atoms with Gasteiger partial charge < -0.3 is 15.4 Å². The maximum Gasteiger partial charge on any atom is 0.239 e. The minimum absolute atomic E-state index is 0.0506. The standard InChI is InChI=1S/C16H24N2O2/c1-12-7-3-4-8-13(12)18-16(19)11-17-14-9-5-6-10-15(14)20-2/h5-6,9-10,12-13,17H,3-4,7-8,11H2,1-2H3,(H,18,19)/t12-,13-/m1/s1. The fourth-order valence-electron chi connectivity index (χ4n) is 2.75. The summed E-state index contributed by atoms with van der Waals surface area (Å²) in [6.07, 6.45) is 4.81. The Labute approximate surface area is 120 Å². The molecule has 2 N–H and O–H groups in total. The zero-order valence-corrected chi connectivity index (χ0v) is 12.3. The van der Waals surface area contributed by atoms with E-state index in [0.29, 0.717) is 12.0 Å². The molecule has 0 aliphatic heterocycles. The fraction of sp³-hybridized carbons (Fsp3) is 0.562. The van der Waals surface area contributed by atoms with Crippen LogP contribution >= 0.6 is 0 Å². The number of hydrogen-bond acceptors (Lipinski definition) is 3. The second kappa shape index (κ2) is 7.17. The van der Waals surface area contributed by atoms with Crippen LogP contribution in [0.4, 0.5) is 5.69 Å². The molecule has 0 aromatic heterocycles. The first-order valence-electron chi connectivity index (χ1n) is 7.37. The van der Waals surface area contributed by atoms with Crippen LogP contribution < -0.4 is 15.4 Å². The molecule has 1 aromatic rings. The summed E-state index contributed by atoms with van der Waals surface area (Å²) in [5, 5.41) is 6.27. The number of carbonyl (C=O) groups is 1. The predicted molar refractivity (Wildman–Crippen MR) is 81.0 cm³/mol. The van der Waals surface area contributed by atoms with Gasteiger partial charge in [0.05, 0.1) is 19.3 Å². The highest BCUT2D eigenvalue weighted by Crippen LogP contribution is 2.24. The molecule has 1 aliphatic carbocycles. The van der Waals surface area contributed by atoms with Crippen molar-refractivity contribution in [1.82, 2.24) is 5.32 Å². The van der Waals surface area contributed by atoms with Crippen molar-refractivity contribution in [2.24, 2.45) is 5.92 Å². The highest BCUT2D eigenvalue weighted by Gasteiger charge is 2.22. The Hall–Kier alpha value is -1.71. The lowest BCUT2D eigenvalue weighted by Gasteiger charge is -2.29. The van der Waals surface area contributed by atoms with Crippen molar-refractivity contribution in [3.63, 3.8) is 0 Å². The Morgan fingerprint density at radius 3 is 2.80 bits per heavy atom. The zero-order chi connectivity index (χ0) is 14.4. The van der Waals surface area contributed by atoms with Crippen LogP contribution in [0.15, 0.2) is 24.3 Å². The van der Waals surface area contributed by atoms with E-state index in [-0.39, 0.29) is 12.5 Å². The van der Waals surface area contributed by atoms with Crippen molar-refractivity contribution < 1.29 is 9.53 Å². The van der Waals surface area contributed by atoms with E-state index >= 15 is 0 Å². The number of para-hydroxylation sites is 2. The van der Waals surface area contributed by atoms with Gasteiger partial charge in [-0.05, 0) is 30.9 Å². The smallest absolute Gasteiger partial charge is 0.239 e. The zero-order valence-electron chi connectivity index (χ0n) is 12.3. The maximum absolute atomic E-state index is 12.0. The summed E-state index contributed by atoms with van der Waals surface area (Å²) < 4.78 is 5.25. The van der Waals surface area contributed by atoms with Crippen molar-refractivity contribution in [1.29, 1.82) is 0 Å². The molecule has 1 amide bonds. The van der Waals surface area contributed by atoms with E-state index < -0.39 is 0 Å². The van der Waals surface area contributed by atoms with E-state index in [0.717, 1.165) is 17.9 Å². The molecule has 1 saturated carbocycles. The van der Waals surface area contributed by atoms with Crippen molar-refractivity contribution >= 4 is 11.6 Å². The Bertz CT molecular complexity index is 448. The second-order valence-electron chi connectivity index (χ2n) is 5.49. The van der Waals surface area contributed by atoms with Gasteiger partial charge in [0.25, 0.3) is 0 Å². The third-order valence-electron chi connectivity index (χ3n) is 4.00. The van der Waals surface area contributed by atoms with Crippen LogP contribution in [0.2, 0.25) is 0 Å². The molecule has 0 heterocycles. The molecule has 0 saturated heterocycles. The molecule has 1 aromatic carbocycles. The quantitative estimate of drug-likeness (QED) is 0.869. The molecule has 1 aliphatic rings. The molecule has 4 nitrogen and oxygen atoms in total. The highest BCUT2D eigenvalue weighted by molar-refractivity contribution is 5.81. The lowest BCUT2D eigenvalue weighted by Crippen LogP contribution is -2.43. The van der Waals surface area contributed by atoms with Gasteiger partial charge in [0.1, 0.15) is 5.75 Å². The maximum atomic E-state index is 12.0. The van der Waals surface area contributed by atoms with Crippen molar-refractivity contribution in [2.45, 2.75) is 38.6 Å². The first kappa shape index (κ1) is 14.7. The topological polar surface area (TPSA) is 50.4 Å². The van der Waals surface area contributed by atoms with Gasteiger partial charge >= 0.3 is 0 Å². The minimum atomic E-state index is 0.0506. The Morgan fingerprint density at radius 1 is 1.30 bits per heavy atom. The first-order chi connectivity index (χ1) is 9.70. The predicted octanol–water partition coefficient (Wildman–Crippen LogP) is 2.80. The number of ether oxygens (including phenoxy) is 1. The molecular weight excluding hydrogens is 252 g/mol. The summed E-state index contributed by atoms with van der Waals surface area (Å²) >= 11 is 0. The lowest BCUT2D eigenvalue weighted by molar-refractivity contribution is -0.120. The fourth-order valence-corrected chi connectivity index (χ4v) is 2.75. The monoisotopic (exact) mass is 276 g/mol. The van der Waals surface area contributed by atoms with Crippen molar-refractivity contribution in [3.05, 3.63) is 24.3 Å². The summed E-state index contributed by atoms with van der Waals surface area (Å²) in [6.45, 7) is 2.50. The summed E-state index contributed by atoms with van der Waals surface area (Å²) in [7, 11) is 1.63. The second-order valence-corrected chi connectivity index (χ2v) is 5.49. The Morgan fingerprint density at radius 2 is 2.05 bits per heavy atom. The third kappa shape index (κ3) is 3.89. The number of amides is 1. The van der Waals surface area contributed by atoms with Gasteiger partial charge in [0.2, 0.25) is 5.91 Å². The lowest BCUT2D eigenvalue weighted by atomic mass is 9.86. The molecule has 20 heavy (non-hydrogen) atoms. The van der Waals surface area contributed by atoms with E-state index in [1.807, 2.05) is 24.3 Å². The number of hydrogen-bond donors (Lipinski definition) is 2. The molecule has 0 unspecified atom stereocenters. The van der Waals surface area contributed by atoms with Crippen LogP contribution in [0.25, 0.3) is 0 Å². The van der Waals surface area contributed by atoms with Gasteiger partial charge in [0, 0.05) is 6.04 Å². The minimum Gasteiger partial charge on any atom is -0.495 e. The molecule has 0 spiro atoms. The molecular formula is C16H24N2O2. The number of nitrogens with one attached hydrogen (secondary N) is 2. The van der Waals surface area contributed by atoms with E-state index in [1.54, 1.807) is 7.11 Å². The summed E-state index contributed by atoms with van der Waals surface area (Å²) in [5.41, 5.74) is 0.849. The van der Waals surface area contributed by atoms with Crippen LogP contribution in [0.5, 0.6) is 5.75 Å². The summed E-state index contributed by atoms with van der Waals surface area (Å²) in [6, 6.07) is 7.95. The van der Waals surface area contributed by atoms with E-state index in [9.17, 15) is 4.79 Å². The molecule has 0 radical (unpaired) electrons. The van der Waals surface area contributed by atoms with Gasteiger partial charge in [-0.15, -0.1) is 0 Å². The molecule has 1 fully saturated rings. The highest BCUT2D eigenvalue weighted by atomic mass is 16.5. The third-order valence-corrected chi connectivity index (χ3v) is 4.00. The van der Waals surface area contributed by atoms with Crippen LogP contribution in [-0.4, -0.2) is 25.6 Å². The van der Waals surface area contributed by atoms with Crippen molar-refractivity contribution in [2.75, 3.05) is 19.0 Å². The number of benzene rings is 1. The number of anilines is 1. The van der Waals surface area contributed by atoms with Crippen LogP contribution in [0, 0.1) is 5.92 Å². The molecule has 0 bridgehead atoms. The molecule has 2 rings (SSSR count). The average Bonchev–Trinajstić information content (AvgIpc) is 2.48. The molecule has 4 heteroatoms. The van der Waals surface area contributed by atoms with Crippen LogP contribution in [0.1, 0.15) is 32.6 Å². The molecule has 2 atom stereocenters. The first-order valence-corrected chi connectivity index (χ1v) is 7.37. The molecule has 110 valence electrons. The average molecular weight is 276 g/mol. The van der Waals surface area contributed by atoms with Crippen LogP contribution in [-0.2, 0) is 4.79 Å². The van der Waals surface area contributed by atoms with Gasteiger partial charge in [-0.3, -0.25) is 4.79 Å². The Balaban J connectivity index is 1.82. The largest absolute Gasteiger partial charge is 0.495 e. The number of carbonyl (C=O) groups excluding carboxylic acids is 1. The summed E-state index contributed by atoms with van der Waals surface area (Å²) in [4.78, 5) is 12.0. The number of methoxy groups -OCH3 is 1. The Kier molecular flexibility index (Phi) is 5.27. The van der Waals surface area contributed by atoms with E-state index in [4.69, 9.17) is 4.74 Å². The normalized spacial score (nSPS) is 22.1. The van der Waals surface area contributed by atoms with Gasteiger partial charge in [0.15, 0.2) is 0 Å².